The van der Waals surface area contributed by atoms with Crippen LogP contribution in [-0.4, -0.2) is 28.6 Å². The number of amides is 1. The van der Waals surface area contributed by atoms with Gasteiger partial charge in [0, 0.05) is 6.54 Å². The molecule has 104 valence electrons. The number of halogens is 1. The van der Waals surface area contributed by atoms with Gasteiger partial charge in [-0.2, -0.15) is 0 Å². The number of aliphatic carboxylic acids is 1. The highest BCUT2D eigenvalue weighted by Crippen LogP contribution is 2.21. The molecule has 1 aromatic rings. The minimum Gasteiger partial charge on any atom is -0.508 e. The molecule has 1 unspecified atom stereocenters. The Bertz CT molecular complexity index is 488. The van der Waals surface area contributed by atoms with Crippen molar-refractivity contribution in [1.82, 2.24) is 5.32 Å². The molecule has 0 saturated carbocycles. The molecule has 0 bridgehead atoms. The summed E-state index contributed by atoms with van der Waals surface area (Å²) in [5.74, 6) is -2.31. The lowest BCUT2D eigenvalue weighted by Gasteiger charge is -2.17. The molecule has 5 nitrogen and oxygen atoms in total. The van der Waals surface area contributed by atoms with Crippen molar-refractivity contribution in [3.8, 4) is 5.75 Å². The van der Waals surface area contributed by atoms with E-state index in [2.05, 4.69) is 5.32 Å². The fourth-order valence-electron chi connectivity index (χ4n) is 1.59. The first-order valence-corrected chi connectivity index (χ1v) is 6.20. The zero-order valence-corrected chi connectivity index (χ0v) is 11.4. The Morgan fingerprint density at radius 2 is 2.00 bits per heavy atom. The van der Waals surface area contributed by atoms with E-state index in [1.54, 1.807) is 13.8 Å². The Kier molecular flexibility index (Phi) is 5.18. The van der Waals surface area contributed by atoms with Gasteiger partial charge < -0.3 is 15.5 Å². The molecule has 1 rings (SSSR count). The number of phenolic OH excluding ortho intramolecular Hbond substituents is 1. The lowest BCUT2D eigenvalue weighted by atomic mass is 9.96. The van der Waals surface area contributed by atoms with Gasteiger partial charge >= 0.3 is 5.97 Å². The van der Waals surface area contributed by atoms with Crippen LogP contribution in [0.25, 0.3) is 0 Å². The predicted molar refractivity (Wildman–Crippen MR) is 71.4 cm³/mol. The molecule has 1 atom stereocenters. The van der Waals surface area contributed by atoms with E-state index in [9.17, 15) is 14.7 Å². The van der Waals surface area contributed by atoms with Gasteiger partial charge in [-0.3, -0.25) is 9.59 Å². The largest absolute Gasteiger partial charge is 0.508 e. The molecule has 0 aromatic heterocycles. The number of phenols is 1. The topological polar surface area (TPSA) is 86.6 Å². The van der Waals surface area contributed by atoms with Crippen LogP contribution in [-0.2, 0) is 4.79 Å². The summed E-state index contributed by atoms with van der Waals surface area (Å²) >= 11 is 5.84. The Morgan fingerprint density at radius 3 is 2.53 bits per heavy atom. The maximum Gasteiger partial charge on any atom is 0.308 e. The number of aromatic hydroxyl groups is 1. The van der Waals surface area contributed by atoms with Gasteiger partial charge in [0.2, 0.25) is 0 Å². The van der Waals surface area contributed by atoms with E-state index in [1.165, 1.54) is 18.2 Å². The van der Waals surface area contributed by atoms with Crippen molar-refractivity contribution in [2.75, 3.05) is 6.54 Å². The Labute approximate surface area is 116 Å². The number of rotatable bonds is 5. The second-order valence-electron chi connectivity index (χ2n) is 4.56. The van der Waals surface area contributed by atoms with Crippen LogP contribution in [0.4, 0.5) is 0 Å². The summed E-state index contributed by atoms with van der Waals surface area (Å²) < 4.78 is 0. The number of hydrogen-bond acceptors (Lipinski definition) is 3. The molecule has 0 heterocycles. The zero-order chi connectivity index (χ0) is 14.6. The first-order valence-electron chi connectivity index (χ1n) is 5.82. The molecule has 0 aliphatic heterocycles. The summed E-state index contributed by atoms with van der Waals surface area (Å²) in [6.07, 6.45) is 0. The van der Waals surface area contributed by atoms with E-state index in [0.29, 0.717) is 0 Å². The average Bonchev–Trinajstić information content (AvgIpc) is 2.31. The first kappa shape index (κ1) is 15.3. The Balaban J connectivity index is 2.75. The fraction of sp³-hybridized carbons (Fsp3) is 0.385. The van der Waals surface area contributed by atoms with Crippen LogP contribution in [0.5, 0.6) is 5.75 Å². The van der Waals surface area contributed by atoms with E-state index >= 15 is 0 Å². The molecule has 1 amide bonds. The molecule has 19 heavy (non-hydrogen) atoms. The van der Waals surface area contributed by atoms with Gasteiger partial charge in [-0.05, 0) is 24.1 Å². The van der Waals surface area contributed by atoms with E-state index in [-0.39, 0.29) is 28.8 Å². The molecule has 0 aliphatic carbocycles. The number of carboxylic acids is 1. The Hall–Kier alpha value is -1.75. The number of nitrogens with one attached hydrogen (secondary N) is 1. The van der Waals surface area contributed by atoms with Crippen LogP contribution in [0.3, 0.4) is 0 Å². The van der Waals surface area contributed by atoms with Crippen LogP contribution in [0, 0.1) is 11.8 Å². The maximum absolute atomic E-state index is 11.9. The lowest BCUT2D eigenvalue weighted by Crippen LogP contribution is -2.35. The molecule has 0 aliphatic rings. The third-order valence-corrected chi connectivity index (χ3v) is 3.13. The van der Waals surface area contributed by atoms with Gasteiger partial charge in [-0.1, -0.05) is 25.4 Å². The van der Waals surface area contributed by atoms with Crippen LogP contribution < -0.4 is 5.32 Å². The summed E-state index contributed by atoms with van der Waals surface area (Å²) in [6, 6.07) is 4.01. The number of carbonyl (C=O) groups excluding carboxylic acids is 1. The van der Waals surface area contributed by atoms with Crippen molar-refractivity contribution in [3.05, 3.63) is 28.8 Å². The summed E-state index contributed by atoms with van der Waals surface area (Å²) in [5.41, 5.74) is 0.120. The van der Waals surface area contributed by atoms with E-state index in [1.807, 2.05) is 0 Å². The SMILES string of the molecule is CC(C)C(CNC(=O)c1cc(O)ccc1Cl)C(=O)O. The second-order valence-corrected chi connectivity index (χ2v) is 4.97. The highest BCUT2D eigenvalue weighted by Gasteiger charge is 2.22. The number of benzene rings is 1. The summed E-state index contributed by atoms with van der Waals surface area (Å²) in [6.45, 7) is 3.55. The van der Waals surface area contributed by atoms with Crippen molar-refractivity contribution >= 4 is 23.5 Å². The van der Waals surface area contributed by atoms with Gasteiger partial charge in [0.1, 0.15) is 5.75 Å². The van der Waals surface area contributed by atoms with Gasteiger partial charge in [-0.15, -0.1) is 0 Å². The quantitative estimate of drug-likeness (QED) is 0.773. The summed E-state index contributed by atoms with van der Waals surface area (Å²) in [7, 11) is 0. The standard InChI is InChI=1S/C13H16ClNO4/c1-7(2)10(13(18)19)6-15-12(17)9-5-8(16)3-4-11(9)14/h3-5,7,10,16H,6H2,1-2H3,(H,15,17)(H,18,19). The van der Waals surface area contributed by atoms with Gasteiger partial charge in [0.15, 0.2) is 0 Å². The first-order chi connectivity index (χ1) is 8.82. The highest BCUT2D eigenvalue weighted by molar-refractivity contribution is 6.33. The van der Waals surface area contributed by atoms with Gasteiger partial charge in [0.05, 0.1) is 16.5 Å². The van der Waals surface area contributed by atoms with Crippen molar-refractivity contribution in [1.29, 1.82) is 0 Å². The summed E-state index contributed by atoms with van der Waals surface area (Å²) in [4.78, 5) is 22.9. The normalized spacial score (nSPS) is 12.2. The zero-order valence-electron chi connectivity index (χ0n) is 10.7. The van der Waals surface area contributed by atoms with Crippen LogP contribution >= 0.6 is 11.6 Å². The number of carboxylic acid groups (broad SMARTS) is 1. The average molecular weight is 286 g/mol. The van der Waals surface area contributed by atoms with E-state index < -0.39 is 17.8 Å². The van der Waals surface area contributed by atoms with E-state index in [0.717, 1.165) is 0 Å². The van der Waals surface area contributed by atoms with Crippen molar-refractivity contribution in [2.24, 2.45) is 11.8 Å². The van der Waals surface area contributed by atoms with Crippen molar-refractivity contribution in [3.63, 3.8) is 0 Å². The molecular weight excluding hydrogens is 270 g/mol. The van der Waals surface area contributed by atoms with Crippen LogP contribution in [0.2, 0.25) is 5.02 Å². The van der Waals surface area contributed by atoms with E-state index in [4.69, 9.17) is 16.7 Å². The Morgan fingerprint density at radius 1 is 1.37 bits per heavy atom. The second kappa shape index (κ2) is 6.43. The van der Waals surface area contributed by atoms with Crippen LogP contribution in [0.15, 0.2) is 18.2 Å². The smallest absolute Gasteiger partial charge is 0.308 e. The third-order valence-electron chi connectivity index (χ3n) is 2.80. The molecule has 0 spiro atoms. The number of carbonyl (C=O) groups is 2. The molecule has 0 saturated heterocycles. The monoisotopic (exact) mass is 285 g/mol. The molecular formula is C13H16ClNO4. The lowest BCUT2D eigenvalue weighted by molar-refractivity contribution is -0.142. The molecule has 0 fully saturated rings. The highest BCUT2D eigenvalue weighted by atomic mass is 35.5. The summed E-state index contributed by atoms with van der Waals surface area (Å²) in [5, 5.41) is 21.0. The number of hydrogen-bond donors (Lipinski definition) is 3. The maximum atomic E-state index is 11.9. The fourth-order valence-corrected chi connectivity index (χ4v) is 1.80. The minimum absolute atomic E-state index is 0.0117. The third kappa shape index (κ3) is 4.13. The minimum atomic E-state index is -0.961. The molecule has 6 heteroatoms. The molecule has 1 aromatic carbocycles. The van der Waals surface area contributed by atoms with Crippen molar-refractivity contribution < 1.29 is 19.8 Å². The van der Waals surface area contributed by atoms with Gasteiger partial charge in [-0.25, -0.2) is 0 Å². The van der Waals surface area contributed by atoms with Gasteiger partial charge in [0.25, 0.3) is 5.91 Å². The van der Waals surface area contributed by atoms with Crippen LogP contribution in [0.1, 0.15) is 24.2 Å². The molecule has 3 N–H and O–H groups in total. The van der Waals surface area contributed by atoms with Crippen molar-refractivity contribution in [2.45, 2.75) is 13.8 Å². The predicted octanol–water partition coefficient (Wildman–Crippen LogP) is 2.13. The molecule has 0 radical (unpaired) electrons.